The monoisotopic (exact) mass is 714 g/mol. The van der Waals surface area contributed by atoms with Gasteiger partial charge in [-0.1, -0.05) is 97.1 Å². The maximum absolute atomic E-state index is 14.4. The molecule has 3 N–H and O–H groups in total. The van der Waals surface area contributed by atoms with Crippen LogP contribution in [-0.4, -0.2) is 64.1 Å². The summed E-state index contributed by atoms with van der Waals surface area (Å²) in [7, 11) is 0. The van der Waals surface area contributed by atoms with Gasteiger partial charge in [-0.3, -0.25) is 14.4 Å². The fraction of sp³-hybridized carbons (Fsp3) is 0.262. The molecule has 1 aliphatic carbocycles. The largest absolute Gasteiger partial charge is 0.449 e. The number of nitrogens with one attached hydrogen (secondary N) is 3. The molecule has 1 aliphatic rings. The number of para-hydroxylation sites is 1. The van der Waals surface area contributed by atoms with E-state index in [0.717, 1.165) is 33.2 Å². The second kappa shape index (κ2) is 15.6. The molecular weight excluding hydrogens is 672 g/mol. The van der Waals surface area contributed by atoms with Crippen molar-refractivity contribution in [2.75, 3.05) is 6.61 Å². The van der Waals surface area contributed by atoms with E-state index in [4.69, 9.17) is 9.47 Å². The number of fused-ring (bicyclic) bond motifs is 4. The average molecular weight is 715 g/mol. The third-order valence-electron chi connectivity index (χ3n) is 9.03. The number of carbonyl (C=O) groups is 5. The fourth-order valence-corrected chi connectivity index (χ4v) is 6.53. The number of alkyl carbamates (subject to hydrolysis) is 1. The minimum Gasteiger partial charge on any atom is -0.449 e. The standard InChI is InChI=1S/C42H42N4O7/c1-26(44-40(50)52-25-34-32-19-10-8-17-30(32)31-18-9-11-20-33(31)34)38(48)45-36(23-28-24-43-35-21-13-12-16-29(28)35)39(49)46(41(51)53-42(2,3)4)37(47)22-27-14-6-5-7-15-27/h5-21,24,26,34,36,43H,22-23,25H2,1-4H3,(H,44,50)(H,45,48)/t26-,36+/m0/s1. The number of carbonyl (C=O) groups excluding carboxylic acids is 5. The van der Waals surface area contributed by atoms with Gasteiger partial charge in [-0.25, -0.2) is 9.59 Å². The molecule has 2 atom stereocenters. The Hall–Kier alpha value is -6.23. The quantitative estimate of drug-likeness (QED) is 0.147. The zero-order valence-corrected chi connectivity index (χ0v) is 30.1. The predicted octanol–water partition coefficient (Wildman–Crippen LogP) is 6.66. The van der Waals surface area contributed by atoms with Gasteiger partial charge in [-0.05, 0) is 67.1 Å². The van der Waals surface area contributed by atoms with Gasteiger partial charge in [-0.2, -0.15) is 4.90 Å². The molecule has 11 nitrogen and oxygen atoms in total. The van der Waals surface area contributed by atoms with Crippen LogP contribution >= 0.6 is 0 Å². The molecule has 272 valence electrons. The number of rotatable bonds is 10. The van der Waals surface area contributed by atoms with E-state index in [-0.39, 0.29) is 25.4 Å². The summed E-state index contributed by atoms with van der Waals surface area (Å²) in [6.07, 6.45) is -0.614. The van der Waals surface area contributed by atoms with E-state index in [1.165, 1.54) is 6.92 Å². The molecule has 11 heteroatoms. The summed E-state index contributed by atoms with van der Waals surface area (Å²) in [6, 6.07) is 29.5. The Morgan fingerprint density at radius 2 is 1.40 bits per heavy atom. The molecule has 53 heavy (non-hydrogen) atoms. The van der Waals surface area contributed by atoms with Crippen molar-refractivity contribution in [3.8, 4) is 11.1 Å². The van der Waals surface area contributed by atoms with Crippen molar-refractivity contribution in [2.24, 2.45) is 0 Å². The molecular formula is C42H42N4O7. The summed E-state index contributed by atoms with van der Waals surface area (Å²) in [5.41, 5.74) is 5.27. The Kier molecular flexibility index (Phi) is 10.7. The van der Waals surface area contributed by atoms with Crippen LogP contribution in [0.25, 0.3) is 22.0 Å². The molecule has 0 aliphatic heterocycles. The normalized spacial score (nSPS) is 13.3. The molecule has 6 rings (SSSR count). The molecule has 0 saturated carbocycles. The third-order valence-corrected chi connectivity index (χ3v) is 9.03. The Morgan fingerprint density at radius 3 is 2.06 bits per heavy atom. The van der Waals surface area contributed by atoms with Gasteiger partial charge in [-0.15, -0.1) is 0 Å². The first kappa shape index (κ1) is 36.6. The van der Waals surface area contributed by atoms with Crippen molar-refractivity contribution in [1.29, 1.82) is 0 Å². The van der Waals surface area contributed by atoms with Crippen LogP contribution in [0.4, 0.5) is 9.59 Å². The van der Waals surface area contributed by atoms with Crippen molar-refractivity contribution in [1.82, 2.24) is 20.5 Å². The van der Waals surface area contributed by atoms with E-state index in [1.807, 2.05) is 72.8 Å². The Bertz CT molecular complexity index is 2110. The van der Waals surface area contributed by atoms with E-state index in [9.17, 15) is 24.0 Å². The van der Waals surface area contributed by atoms with Gasteiger partial charge in [0, 0.05) is 29.4 Å². The molecule has 5 aromatic rings. The van der Waals surface area contributed by atoms with Crippen molar-refractivity contribution in [3.05, 3.63) is 132 Å². The molecule has 0 spiro atoms. The van der Waals surface area contributed by atoms with Crippen molar-refractivity contribution >= 4 is 40.8 Å². The smallest absolute Gasteiger partial charge is 0.424 e. The maximum Gasteiger partial charge on any atom is 0.424 e. The minimum atomic E-state index is -1.40. The van der Waals surface area contributed by atoms with Gasteiger partial charge in [0.1, 0.15) is 24.3 Å². The number of ether oxygens (including phenoxy) is 2. The zero-order valence-electron chi connectivity index (χ0n) is 30.1. The first-order valence-electron chi connectivity index (χ1n) is 17.5. The van der Waals surface area contributed by atoms with Crippen LogP contribution < -0.4 is 10.6 Å². The number of benzene rings is 4. The number of amides is 5. The van der Waals surface area contributed by atoms with Crippen LogP contribution in [0.2, 0.25) is 0 Å². The van der Waals surface area contributed by atoms with E-state index in [2.05, 4.69) is 15.6 Å². The van der Waals surface area contributed by atoms with Crippen LogP contribution in [-0.2, 0) is 36.7 Å². The molecule has 0 bridgehead atoms. The van der Waals surface area contributed by atoms with E-state index < -0.39 is 47.6 Å². The van der Waals surface area contributed by atoms with Gasteiger partial charge in [0.05, 0.1) is 6.42 Å². The summed E-state index contributed by atoms with van der Waals surface area (Å²) in [6.45, 7) is 6.37. The molecule has 4 aromatic carbocycles. The lowest BCUT2D eigenvalue weighted by Gasteiger charge is -2.28. The third kappa shape index (κ3) is 8.47. The summed E-state index contributed by atoms with van der Waals surface area (Å²) in [4.78, 5) is 72.0. The summed E-state index contributed by atoms with van der Waals surface area (Å²) in [5, 5.41) is 6.05. The lowest BCUT2D eigenvalue weighted by Crippen LogP contribution is -2.57. The van der Waals surface area contributed by atoms with Crippen LogP contribution in [0.1, 0.15) is 55.9 Å². The number of imide groups is 3. The number of aromatic amines is 1. The number of hydrogen-bond donors (Lipinski definition) is 3. The summed E-state index contributed by atoms with van der Waals surface area (Å²) < 4.78 is 11.1. The average Bonchev–Trinajstić information content (AvgIpc) is 3.68. The predicted molar refractivity (Wildman–Crippen MR) is 200 cm³/mol. The van der Waals surface area contributed by atoms with Gasteiger partial charge in [0.25, 0.3) is 5.91 Å². The Balaban J connectivity index is 1.20. The molecule has 0 saturated heterocycles. The second-order valence-electron chi connectivity index (χ2n) is 14.0. The number of aromatic nitrogens is 1. The highest BCUT2D eigenvalue weighted by Crippen LogP contribution is 2.44. The molecule has 0 radical (unpaired) electrons. The van der Waals surface area contributed by atoms with E-state index in [1.54, 1.807) is 57.3 Å². The highest BCUT2D eigenvalue weighted by atomic mass is 16.6. The number of hydrogen-bond acceptors (Lipinski definition) is 7. The summed E-state index contributed by atoms with van der Waals surface area (Å²) >= 11 is 0. The van der Waals surface area contributed by atoms with Gasteiger partial charge in [0.2, 0.25) is 11.8 Å². The number of nitrogens with zero attached hydrogens (tertiary/aromatic N) is 1. The lowest BCUT2D eigenvalue weighted by atomic mass is 9.98. The molecule has 0 fully saturated rings. The molecule has 0 unspecified atom stereocenters. The number of H-pyrrole nitrogens is 1. The van der Waals surface area contributed by atoms with Crippen LogP contribution in [0.15, 0.2) is 109 Å². The van der Waals surface area contributed by atoms with Crippen LogP contribution in [0.5, 0.6) is 0 Å². The summed E-state index contributed by atoms with van der Waals surface area (Å²) in [5.74, 6) is -2.70. The molecule has 1 aromatic heterocycles. The van der Waals surface area contributed by atoms with E-state index >= 15 is 0 Å². The van der Waals surface area contributed by atoms with Gasteiger partial charge >= 0.3 is 12.2 Å². The van der Waals surface area contributed by atoms with E-state index in [0.29, 0.717) is 16.0 Å². The van der Waals surface area contributed by atoms with Gasteiger partial charge in [0.15, 0.2) is 0 Å². The van der Waals surface area contributed by atoms with Crippen LogP contribution in [0.3, 0.4) is 0 Å². The Morgan fingerprint density at radius 1 is 0.792 bits per heavy atom. The Labute approximate surface area is 307 Å². The van der Waals surface area contributed by atoms with Crippen molar-refractivity contribution < 1.29 is 33.4 Å². The minimum absolute atomic E-state index is 0.0459. The SMILES string of the molecule is C[C@H](NC(=O)OCC1c2ccccc2-c2ccccc21)C(=O)N[C@H](Cc1c[nH]c2ccccc12)C(=O)N(C(=O)Cc1ccccc1)C(=O)OC(C)(C)C. The maximum atomic E-state index is 14.4. The highest BCUT2D eigenvalue weighted by Gasteiger charge is 2.38. The van der Waals surface area contributed by atoms with Crippen molar-refractivity contribution in [2.45, 2.75) is 64.1 Å². The fourth-order valence-electron chi connectivity index (χ4n) is 6.53. The lowest BCUT2D eigenvalue weighted by molar-refractivity contribution is -0.145. The molecule has 1 heterocycles. The first-order chi connectivity index (χ1) is 25.4. The second-order valence-corrected chi connectivity index (χ2v) is 14.0. The van der Waals surface area contributed by atoms with Gasteiger partial charge < -0.3 is 25.1 Å². The highest BCUT2D eigenvalue weighted by molar-refractivity contribution is 6.11. The van der Waals surface area contributed by atoms with Crippen molar-refractivity contribution in [3.63, 3.8) is 0 Å². The zero-order chi connectivity index (χ0) is 37.7. The van der Waals surface area contributed by atoms with Crippen LogP contribution in [0, 0.1) is 0 Å². The molecule has 5 amide bonds. The first-order valence-corrected chi connectivity index (χ1v) is 17.5. The topological polar surface area (TPSA) is 147 Å².